The summed E-state index contributed by atoms with van der Waals surface area (Å²) < 4.78 is 18.7. The van der Waals surface area contributed by atoms with Gasteiger partial charge in [-0.3, -0.25) is 20.4 Å². The molecule has 6 nitrogen and oxygen atoms in total. The number of benzene rings is 2. The second kappa shape index (κ2) is 9.91. The maximum Gasteiger partial charge on any atom is 0.276 e. The van der Waals surface area contributed by atoms with E-state index in [1.54, 1.807) is 12.1 Å². The molecule has 0 aliphatic carbocycles. The minimum Gasteiger partial charge on any atom is -0.483 e. The first-order valence-electron chi connectivity index (χ1n) is 8.46. The average Bonchev–Trinajstić information content (AvgIpc) is 2.67. The third kappa shape index (κ3) is 5.96. The molecule has 0 aromatic heterocycles. The highest BCUT2D eigenvalue weighted by Crippen LogP contribution is 2.25. The molecule has 8 heteroatoms. The van der Waals surface area contributed by atoms with Gasteiger partial charge >= 0.3 is 0 Å². The van der Waals surface area contributed by atoms with Crippen LogP contribution < -0.4 is 20.5 Å². The third-order valence-corrected chi connectivity index (χ3v) is 4.45. The van der Waals surface area contributed by atoms with Crippen molar-refractivity contribution in [2.45, 2.75) is 13.8 Å². The van der Waals surface area contributed by atoms with Gasteiger partial charge in [-0.15, -0.1) is 0 Å². The lowest BCUT2D eigenvalue weighted by Crippen LogP contribution is -2.43. The molecule has 27 heavy (non-hydrogen) atoms. The van der Waals surface area contributed by atoms with Gasteiger partial charge in [-0.1, -0.05) is 0 Å². The van der Waals surface area contributed by atoms with Crippen LogP contribution in [0, 0.1) is 5.82 Å². The molecule has 144 valence electrons. The Balaban J connectivity index is 1.83. The molecule has 0 atom stereocenters. The summed E-state index contributed by atoms with van der Waals surface area (Å²) in [5.74, 6) is -1.07. The van der Waals surface area contributed by atoms with Gasteiger partial charge in [0.15, 0.2) is 6.61 Å². The van der Waals surface area contributed by atoms with Crippen molar-refractivity contribution in [3.05, 3.63) is 58.3 Å². The molecule has 0 spiro atoms. The molecular weight excluding hydrogens is 417 g/mol. The largest absolute Gasteiger partial charge is 0.483 e. The van der Waals surface area contributed by atoms with Crippen LogP contribution in [-0.2, 0) is 4.79 Å². The normalized spacial score (nSPS) is 10.2. The number of anilines is 1. The Morgan fingerprint density at radius 2 is 1.74 bits per heavy atom. The van der Waals surface area contributed by atoms with Crippen molar-refractivity contribution in [1.29, 1.82) is 0 Å². The summed E-state index contributed by atoms with van der Waals surface area (Å²) in [7, 11) is 0. The van der Waals surface area contributed by atoms with E-state index in [0.29, 0.717) is 15.8 Å². The fourth-order valence-electron chi connectivity index (χ4n) is 2.38. The maximum absolute atomic E-state index is 13.0. The van der Waals surface area contributed by atoms with Crippen LogP contribution in [0.15, 0.2) is 46.9 Å². The molecule has 0 saturated carbocycles. The number of halogens is 2. The second-order valence-electron chi connectivity index (χ2n) is 5.58. The van der Waals surface area contributed by atoms with Gasteiger partial charge in [0.1, 0.15) is 11.6 Å². The van der Waals surface area contributed by atoms with E-state index in [4.69, 9.17) is 4.74 Å². The van der Waals surface area contributed by atoms with E-state index in [9.17, 15) is 14.0 Å². The number of hydrogen-bond donors (Lipinski definition) is 2. The molecule has 0 aliphatic heterocycles. The first-order valence-corrected chi connectivity index (χ1v) is 9.26. The van der Waals surface area contributed by atoms with Crippen molar-refractivity contribution in [2.24, 2.45) is 0 Å². The van der Waals surface area contributed by atoms with Crippen LogP contribution in [-0.4, -0.2) is 31.5 Å². The van der Waals surface area contributed by atoms with Gasteiger partial charge in [-0.25, -0.2) is 4.39 Å². The minimum absolute atomic E-state index is 0.324. The lowest BCUT2D eigenvalue weighted by molar-refractivity contribution is -0.123. The molecule has 2 aromatic rings. The van der Waals surface area contributed by atoms with Crippen molar-refractivity contribution >= 4 is 33.4 Å². The SMILES string of the molecule is CCN(CC)c1ccc(C(=O)NNC(=O)COc2ccc(F)cc2Br)cc1. The monoisotopic (exact) mass is 437 g/mol. The van der Waals surface area contributed by atoms with Gasteiger partial charge in [-0.05, 0) is 72.2 Å². The summed E-state index contributed by atoms with van der Waals surface area (Å²) in [6.45, 7) is 5.55. The molecule has 0 aliphatic rings. The molecule has 2 amide bonds. The lowest BCUT2D eigenvalue weighted by Gasteiger charge is -2.21. The van der Waals surface area contributed by atoms with Crippen LogP contribution in [0.2, 0.25) is 0 Å². The number of carbonyl (C=O) groups is 2. The highest BCUT2D eigenvalue weighted by Gasteiger charge is 2.10. The van der Waals surface area contributed by atoms with Crippen molar-refractivity contribution < 1.29 is 18.7 Å². The molecule has 0 unspecified atom stereocenters. The van der Waals surface area contributed by atoms with Crippen LogP contribution >= 0.6 is 15.9 Å². The standard InChI is InChI=1S/C19H21BrFN3O3/c1-3-24(4-2)15-8-5-13(6-9-15)19(26)23-22-18(25)12-27-17-10-7-14(21)11-16(17)20/h5-11H,3-4,12H2,1-2H3,(H,22,25)(H,23,26). The first-order chi connectivity index (χ1) is 12.9. The summed E-state index contributed by atoms with van der Waals surface area (Å²) in [4.78, 5) is 26.1. The van der Waals surface area contributed by atoms with Crippen LogP contribution in [0.5, 0.6) is 5.75 Å². The van der Waals surface area contributed by atoms with E-state index < -0.39 is 17.6 Å². The second-order valence-corrected chi connectivity index (χ2v) is 6.44. The topological polar surface area (TPSA) is 70.7 Å². The number of nitrogens with zero attached hydrogens (tertiary/aromatic N) is 1. The summed E-state index contributed by atoms with van der Waals surface area (Å²) >= 11 is 3.15. The molecule has 2 rings (SSSR count). The van der Waals surface area contributed by atoms with E-state index in [0.717, 1.165) is 18.8 Å². The van der Waals surface area contributed by atoms with E-state index in [-0.39, 0.29) is 6.61 Å². The van der Waals surface area contributed by atoms with Gasteiger partial charge in [0, 0.05) is 24.3 Å². The maximum atomic E-state index is 13.0. The predicted octanol–water partition coefficient (Wildman–Crippen LogP) is 3.27. The molecular formula is C19H21BrFN3O3. The van der Waals surface area contributed by atoms with Crippen LogP contribution in [0.3, 0.4) is 0 Å². The van der Waals surface area contributed by atoms with E-state index >= 15 is 0 Å². The van der Waals surface area contributed by atoms with Crippen molar-refractivity contribution in [3.63, 3.8) is 0 Å². The van der Waals surface area contributed by atoms with Crippen molar-refractivity contribution in [2.75, 3.05) is 24.6 Å². The Morgan fingerprint density at radius 1 is 1.07 bits per heavy atom. The zero-order valence-electron chi connectivity index (χ0n) is 15.1. The zero-order valence-corrected chi connectivity index (χ0v) is 16.7. The van der Waals surface area contributed by atoms with E-state index in [1.165, 1.54) is 18.2 Å². The molecule has 0 heterocycles. The van der Waals surface area contributed by atoms with Crippen LogP contribution in [0.25, 0.3) is 0 Å². The molecule has 2 N–H and O–H groups in total. The Labute approximate surface area is 165 Å². The Hall–Kier alpha value is -2.61. The van der Waals surface area contributed by atoms with Gasteiger partial charge in [-0.2, -0.15) is 0 Å². The summed E-state index contributed by atoms with van der Waals surface area (Å²) in [6.07, 6.45) is 0. The minimum atomic E-state index is -0.542. The number of hydrogen-bond acceptors (Lipinski definition) is 4. The first kappa shape index (κ1) is 20.7. The lowest BCUT2D eigenvalue weighted by atomic mass is 10.2. The molecule has 0 fully saturated rings. The van der Waals surface area contributed by atoms with E-state index in [1.807, 2.05) is 12.1 Å². The van der Waals surface area contributed by atoms with Gasteiger partial charge < -0.3 is 9.64 Å². The highest BCUT2D eigenvalue weighted by atomic mass is 79.9. The predicted molar refractivity (Wildman–Crippen MR) is 105 cm³/mol. The van der Waals surface area contributed by atoms with Crippen LogP contribution in [0.4, 0.5) is 10.1 Å². The number of carbonyl (C=O) groups excluding carboxylic acids is 2. The fourth-order valence-corrected chi connectivity index (χ4v) is 2.85. The van der Waals surface area contributed by atoms with E-state index in [2.05, 4.69) is 45.5 Å². The number of ether oxygens (including phenoxy) is 1. The van der Waals surface area contributed by atoms with Gasteiger partial charge in [0.2, 0.25) is 0 Å². The smallest absolute Gasteiger partial charge is 0.276 e. The fraction of sp³-hybridized carbons (Fsp3) is 0.263. The zero-order chi connectivity index (χ0) is 19.8. The molecule has 0 radical (unpaired) electrons. The van der Waals surface area contributed by atoms with Gasteiger partial charge in [0.05, 0.1) is 4.47 Å². The average molecular weight is 438 g/mol. The molecule has 0 saturated heterocycles. The number of amides is 2. The molecule has 2 aromatic carbocycles. The highest BCUT2D eigenvalue weighted by molar-refractivity contribution is 9.10. The number of hydrazine groups is 1. The Kier molecular flexibility index (Phi) is 7.60. The Bertz CT molecular complexity index is 795. The quantitative estimate of drug-likeness (QED) is 0.652. The summed E-state index contributed by atoms with van der Waals surface area (Å²) in [6, 6.07) is 11.0. The number of rotatable bonds is 7. The Morgan fingerprint density at radius 3 is 2.33 bits per heavy atom. The molecule has 0 bridgehead atoms. The summed E-state index contributed by atoms with van der Waals surface area (Å²) in [5.41, 5.74) is 6.06. The van der Waals surface area contributed by atoms with Crippen molar-refractivity contribution in [1.82, 2.24) is 10.9 Å². The third-order valence-electron chi connectivity index (χ3n) is 3.83. The summed E-state index contributed by atoms with van der Waals surface area (Å²) in [5, 5.41) is 0. The van der Waals surface area contributed by atoms with Gasteiger partial charge in [0.25, 0.3) is 11.8 Å². The number of nitrogens with one attached hydrogen (secondary N) is 2. The van der Waals surface area contributed by atoms with Crippen molar-refractivity contribution in [3.8, 4) is 5.75 Å². The van der Waals surface area contributed by atoms with Crippen LogP contribution in [0.1, 0.15) is 24.2 Å².